The number of nitrogens with zero attached hydrogens (tertiary/aromatic N) is 1. The Morgan fingerprint density at radius 2 is 1.53 bits per heavy atom. The zero-order valence-corrected chi connectivity index (χ0v) is 11.8. The van der Waals surface area contributed by atoms with E-state index in [2.05, 4.69) is 0 Å². The summed E-state index contributed by atoms with van der Waals surface area (Å²) >= 11 is 0. The van der Waals surface area contributed by atoms with Crippen molar-refractivity contribution >= 4 is 15.7 Å². The number of amides is 1. The van der Waals surface area contributed by atoms with Crippen molar-refractivity contribution in [1.82, 2.24) is 4.90 Å². The number of hydrogen-bond donors (Lipinski definition) is 1. The molecule has 0 atom stereocenters. The van der Waals surface area contributed by atoms with Gasteiger partial charge in [-0.1, -0.05) is 0 Å². The molecule has 1 amide bonds. The average molecular weight is 262 g/mol. The fourth-order valence-corrected chi connectivity index (χ4v) is 2.79. The van der Waals surface area contributed by atoms with Gasteiger partial charge in [-0.25, -0.2) is 8.42 Å². The van der Waals surface area contributed by atoms with Crippen molar-refractivity contribution in [2.75, 3.05) is 24.6 Å². The Balaban J connectivity index is 2.80. The molecule has 1 aliphatic heterocycles. The predicted molar refractivity (Wildman–Crippen MR) is 67.3 cm³/mol. The molecular formula is C11H22N2O3S. The van der Waals surface area contributed by atoms with Gasteiger partial charge in [-0.05, 0) is 27.7 Å². The summed E-state index contributed by atoms with van der Waals surface area (Å²) in [5, 5.41) is 0. The maximum absolute atomic E-state index is 12.3. The maximum atomic E-state index is 12.3. The smallest absolute Gasteiger partial charge is 0.230 e. The number of nitrogens with two attached hydrogens (primary N) is 1. The third-order valence-electron chi connectivity index (χ3n) is 3.78. The van der Waals surface area contributed by atoms with Crippen LogP contribution >= 0.6 is 0 Å². The van der Waals surface area contributed by atoms with Crippen molar-refractivity contribution in [1.29, 1.82) is 0 Å². The molecule has 5 nitrogen and oxygen atoms in total. The SMILES string of the molecule is CC(C)(N)C(C)(C)C(=O)N1CCS(=O)(=O)CC1. The van der Waals surface area contributed by atoms with Crippen LogP contribution in [0.4, 0.5) is 0 Å². The van der Waals surface area contributed by atoms with E-state index < -0.39 is 20.8 Å². The van der Waals surface area contributed by atoms with Crippen molar-refractivity contribution in [3.8, 4) is 0 Å². The molecule has 2 N–H and O–H groups in total. The van der Waals surface area contributed by atoms with E-state index in [0.717, 1.165) is 0 Å². The summed E-state index contributed by atoms with van der Waals surface area (Å²) in [7, 11) is -2.96. The van der Waals surface area contributed by atoms with E-state index in [0.29, 0.717) is 0 Å². The molecule has 0 aromatic heterocycles. The number of sulfone groups is 1. The molecule has 1 aliphatic rings. The van der Waals surface area contributed by atoms with Crippen LogP contribution in [0.15, 0.2) is 0 Å². The molecule has 1 saturated heterocycles. The molecule has 0 aromatic rings. The lowest BCUT2D eigenvalue weighted by atomic mass is 9.74. The highest BCUT2D eigenvalue weighted by Crippen LogP contribution is 2.31. The van der Waals surface area contributed by atoms with Crippen LogP contribution in [0.25, 0.3) is 0 Å². The summed E-state index contributed by atoms with van der Waals surface area (Å²) < 4.78 is 22.6. The molecule has 0 spiro atoms. The molecule has 0 radical (unpaired) electrons. The van der Waals surface area contributed by atoms with E-state index in [1.54, 1.807) is 18.7 Å². The molecular weight excluding hydrogens is 240 g/mol. The van der Waals surface area contributed by atoms with Crippen LogP contribution in [-0.2, 0) is 14.6 Å². The summed E-state index contributed by atoms with van der Waals surface area (Å²) in [5.74, 6) is 0.0412. The molecule has 1 heterocycles. The number of carbonyl (C=O) groups excluding carboxylic acids is 1. The van der Waals surface area contributed by atoms with Crippen LogP contribution in [0.2, 0.25) is 0 Å². The average Bonchev–Trinajstić information content (AvgIpc) is 2.15. The van der Waals surface area contributed by atoms with E-state index in [1.165, 1.54) is 0 Å². The normalized spacial score (nSPS) is 21.4. The van der Waals surface area contributed by atoms with Gasteiger partial charge in [0.15, 0.2) is 9.84 Å². The Labute approximate surface area is 103 Å². The van der Waals surface area contributed by atoms with E-state index in [-0.39, 0.29) is 30.5 Å². The monoisotopic (exact) mass is 262 g/mol. The molecule has 100 valence electrons. The van der Waals surface area contributed by atoms with Gasteiger partial charge in [-0.15, -0.1) is 0 Å². The van der Waals surface area contributed by atoms with Gasteiger partial charge in [0.25, 0.3) is 0 Å². The quantitative estimate of drug-likeness (QED) is 0.760. The zero-order valence-electron chi connectivity index (χ0n) is 11.0. The number of rotatable bonds is 2. The highest BCUT2D eigenvalue weighted by Gasteiger charge is 2.43. The van der Waals surface area contributed by atoms with Gasteiger partial charge in [0.2, 0.25) is 5.91 Å². The van der Waals surface area contributed by atoms with Gasteiger partial charge in [0.05, 0.1) is 16.9 Å². The molecule has 0 aromatic carbocycles. The zero-order chi connectivity index (χ0) is 13.5. The lowest BCUT2D eigenvalue weighted by molar-refractivity contribution is -0.143. The summed E-state index contributed by atoms with van der Waals surface area (Å²) in [5.41, 5.74) is 4.67. The van der Waals surface area contributed by atoms with Crippen LogP contribution in [0.1, 0.15) is 27.7 Å². The van der Waals surface area contributed by atoms with E-state index in [4.69, 9.17) is 5.73 Å². The fraction of sp³-hybridized carbons (Fsp3) is 0.909. The Kier molecular flexibility index (Phi) is 3.60. The molecule has 1 fully saturated rings. The second-order valence-electron chi connectivity index (χ2n) is 5.79. The molecule has 17 heavy (non-hydrogen) atoms. The largest absolute Gasteiger partial charge is 0.340 e. The lowest BCUT2D eigenvalue weighted by Crippen LogP contribution is -2.58. The van der Waals surface area contributed by atoms with Crippen LogP contribution in [0, 0.1) is 5.41 Å². The van der Waals surface area contributed by atoms with E-state index in [9.17, 15) is 13.2 Å². The first-order valence-corrected chi connectivity index (χ1v) is 7.58. The van der Waals surface area contributed by atoms with E-state index in [1.807, 2.05) is 13.8 Å². The van der Waals surface area contributed by atoms with Crippen molar-refractivity contribution < 1.29 is 13.2 Å². The summed E-state index contributed by atoms with van der Waals surface area (Å²) in [6, 6.07) is 0. The van der Waals surface area contributed by atoms with Gasteiger partial charge in [-0.2, -0.15) is 0 Å². The highest BCUT2D eigenvalue weighted by atomic mass is 32.2. The minimum absolute atomic E-state index is 0.0554. The topological polar surface area (TPSA) is 80.5 Å². The standard InChI is InChI=1S/C11H22N2O3S/c1-10(2,11(3,4)12)9(14)13-5-7-17(15,16)8-6-13/h5-8,12H2,1-4H3. The Bertz CT molecular complexity index is 393. The molecule has 0 aliphatic carbocycles. The number of hydrogen-bond acceptors (Lipinski definition) is 4. The van der Waals surface area contributed by atoms with Crippen LogP contribution in [0.5, 0.6) is 0 Å². The molecule has 0 saturated carbocycles. The summed E-state index contributed by atoms with van der Waals surface area (Å²) in [6.07, 6.45) is 0. The first-order valence-electron chi connectivity index (χ1n) is 5.76. The predicted octanol–water partition coefficient (Wildman–Crippen LogP) is 0.00690. The highest BCUT2D eigenvalue weighted by molar-refractivity contribution is 7.91. The van der Waals surface area contributed by atoms with Crippen LogP contribution in [-0.4, -0.2) is 49.4 Å². The molecule has 0 unspecified atom stereocenters. The second kappa shape index (κ2) is 4.24. The maximum Gasteiger partial charge on any atom is 0.230 e. The van der Waals surface area contributed by atoms with Crippen molar-refractivity contribution in [3.05, 3.63) is 0 Å². The van der Waals surface area contributed by atoms with Crippen molar-refractivity contribution in [2.45, 2.75) is 33.2 Å². The first kappa shape index (κ1) is 14.4. The Hall–Kier alpha value is -0.620. The van der Waals surface area contributed by atoms with Crippen LogP contribution < -0.4 is 5.73 Å². The summed E-state index contributed by atoms with van der Waals surface area (Å²) in [6.45, 7) is 7.79. The summed E-state index contributed by atoms with van der Waals surface area (Å²) in [4.78, 5) is 13.9. The van der Waals surface area contributed by atoms with Gasteiger partial charge in [0.1, 0.15) is 0 Å². The molecule has 1 rings (SSSR count). The third-order valence-corrected chi connectivity index (χ3v) is 5.39. The Morgan fingerprint density at radius 3 is 1.88 bits per heavy atom. The number of carbonyl (C=O) groups is 1. The molecule has 6 heteroatoms. The van der Waals surface area contributed by atoms with Gasteiger partial charge in [-0.3, -0.25) is 4.79 Å². The minimum atomic E-state index is -2.96. The van der Waals surface area contributed by atoms with Crippen molar-refractivity contribution in [3.63, 3.8) is 0 Å². The second-order valence-corrected chi connectivity index (χ2v) is 8.09. The first-order chi connectivity index (χ1) is 7.47. The minimum Gasteiger partial charge on any atom is -0.340 e. The van der Waals surface area contributed by atoms with Gasteiger partial charge in [0, 0.05) is 18.6 Å². The third kappa shape index (κ3) is 2.98. The molecule has 0 bridgehead atoms. The Morgan fingerprint density at radius 1 is 1.12 bits per heavy atom. The van der Waals surface area contributed by atoms with Gasteiger partial charge >= 0.3 is 0 Å². The fourth-order valence-electron chi connectivity index (χ4n) is 1.59. The van der Waals surface area contributed by atoms with Crippen molar-refractivity contribution in [2.24, 2.45) is 11.1 Å². The van der Waals surface area contributed by atoms with E-state index >= 15 is 0 Å². The lowest BCUT2D eigenvalue weighted by Gasteiger charge is -2.41. The van der Waals surface area contributed by atoms with Gasteiger partial charge < -0.3 is 10.6 Å². The van der Waals surface area contributed by atoms with Crippen LogP contribution in [0.3, 0.4) is 0 Å².